The van der Waals surface area contributed by atoms with E-state index in [0.29, 0.717) is 0 Å². The molecule has 11 heteroatoms. The van der Waals surface area contributed by atoms with E-state index in [0.717, 1.165) is 0 Å². The van der Waals surface area contributed by atoms with Gasteiger partial charge in [-0.15, -0.1) is 0 Å². The van der Waals surface area contributed by atoms with Crippen molar-refractivity contribution in [1.82, 2.24) is 0 Å². The Morgan fingerprint density at radius 1 is 0.913 bits per heavy atom. The molecule has 0 aliphatic heterocycles. The molecule has 23 heavy (non-hydrogen) atoms. The van der Waals surface area contributed by atoms with Gasteiger partial charge in [0.1, 0.15) is 6.04 Å². The maximum absolute atomic E-state index is 10.8. The predicted molar refractivity (Wildman–Crippen MR) is 72.5 cm³/mol. The molecule has 0 aromatic carbocycles. The largest absolute Gasteiger partial charge is 0.481 e. The number of carbonyl (C=O) groups is 4. The van der Waals surface area contributed by atoms with E-state index in [-0.39, 0.29) is 26.1 Å². The van der Waals surface area contributed by atoms with Gasteiger partial charge in [0.25, 0.3) is 0 Å². The summed E-state index contributed by atoms with van der Waals surface area (Å²) >= 11 is 0. The summed E-state index contributed by atoms with van der Waals surface area (Å²) in [6.45, 7) is 3.90. The van der Waals surface area contributed by atoms with Crippen LogP contribution in [0.3, 0.4) is 0 Å². The number of carbonyl (C=O) groups excluding carboxylic acids is 2. The molecule has 0 aromatic rings. The highest BCUT2D eigenvalue weighted by Gasteiger charge is 2.14. The molecular weight excluding hydrogens is 318 g/mol. The van der Waals surface area contributed by atoms with Gasteiger partial charge >= 0.3 is 23.9 Å². The van der Waals surface area contributed by atoms with Crippen LogP contribution in [0, 0.1) is 0 Å². The summed E-state index contributed by atoms with van der Waals surface area (Å²) in [7, 11) is 0. The van der Waals surface area contributed by atoms with Crippen LogP contribution >= 0.6 is 0 Å². The normalized spacial score (nSPS) is 10.7. The average Bonchev–Trinajstić information content (AvgIpc) is 2.48. The molecule has 0 rings (SSSR count). The minimum atomic E-state index is -1.29. The summed E-state index contributed by atoms with van der Waals surface area (Å²) < 4.78 is 0. The third-order valence-electron chi connectivity index (χ3n) is 1.78. The third-order valence-corrected chi connectivity index (χ3v) is 1.78. The van der Waals surface area contributed by atoms with Crippen LogP contribution in [0.15, 0.2) is 0 Å². The first-order valence-electron chi connectivity index (χ1n) is 6.59. The molecule has 0 spiro atoms. The van der Waals surface area contributed by atoms with Crippen molar-refractivity contribution in [3.05, 3.63) is 0 Å². The molecule has 0 aliphatic carbocycles. The molecule has 0 aliphatic rings. The van der Waals surface area contributed by atoms with Crippen LogP contribution in [-0.2, 0) is 38.7 Å². The van der Waals surface area contributed by atoms with E-state index in [1.54, 1.807) is 13.8 Å². The Morgan fingerprint density at radius 3 is 1.52 bits per heavy atom. The molecule has 0 heterocycles. The van der Waals surface area contributed by atoms with Gasteiger partial charge in [0.15, 0.2) is 0 Å². The van der Waals surface area contributed by atoms with Crippen molar-refractivity contribution >= 4 is 23.9 Å². The number of carboxylic acid groups (broad SMARTS) is 2. The van der Waals surface area contributed by atoms with Crippen LogP contribution in [-0.4, -0.2) is 53.3 Å². The van der Waals surface area contributed by atoms with Gasteiger partial charge in [-0.3, -0.25) is 19.4 Å². The van der Waals surface area contributed by atoms with Gasteiger partial charge in [-0.2, -0.15) is 9.78 Å². The number of hydrogen-bond acceptors (Lipinski definition) is 9. The van der Waals surface area contributed by atoms with Crippen LogP contribution in [0.25, 0.3) is 0 Å². The second kappa shape index (κ2) is 14.7. The van der Waals surface area contributed by atoms with Crippen LogP contribution in [0.2, 0.25) is 0 Å². The highest BCUT2D eigenvalue weighted by Crippen LogP contribution is 1.96. The molecule has 0 bridgehead atoms. The van der Waals surface area contributed by atoms with Crippen LogP contribution in [0.4, 0.5) is 0 Å². The first kappa shape index (κ1) is 23.0. The lowest BCUT2D eigenvalue weighted by Gasteiger charge is -2.01. The van der Waals surface area contributed by atoms with E-state index in [4.69, 9.17) is 15.9 Å². The molecule has 1 unspecified atom stereocenters. The maximum atomic E-state index is 10.8. The minimum Gasteiger partial charge on any atom is -0.481 e. The highest BCUT2D eigenvalue weighted by atomic mass is 17.2. The Kier molecular flexibility index (Phi) is 14.7. The molecule has 134 valence electrons. The first-order chi connectivity index (χ1) is 10.7. The highest BCUT2D eigenvalue weighted by molar-refractivity contribution is 5.80. The van der Waals surface area contributed by atoms with E-state index in [2.05, 4.69) is 19.6 Å². The fourth-order valence-corrected chi connectivity index (χ4v) is 0.812. The topological polar surface area (TPSA) is 172 Å². The zero-order valence-electron chi connectivity index (χ0n) is 12.9. The number of hydrogen-bond donors (Lipinski definition) is 3. The summed E-state index contributed by atoms with van der Waals surface area (Å²) in [5.41, 5.74) is 4.84. The van der Waals surface area contributed by atoms with E-state index >= 15 is 0 Å². The van der Waals surface area contributed by atoms with Crippen LogP contribution in [0.5, 0.6) is 0 Å². The Hall–Kier alpha value is -2.24. The summed E-state index contributed by atoms with van der Waals surface area (Å²) in [4.78, 5) is 58.5. The zero-order valence-corrected chi connectivity index (χ0v) is 12.9. The van der Waals surface area contributed by atoms with Crippen molar-refractivity contribution in [3.8, 4) is 0 Å². The van der Waals surface area contributed by atoms with Gasteiger partial charge < -0.3 is 15.9 Å². The fourth-order valence-electron chi connectivity index (χ4n) is 0.812. The lowest BCUT2D eigenvalue weighted by atomic mass is 10.2. The van der Waals surface area contributed by atoms with E-state index in [9.17, 15) is 19.2 Å². The zero-order chi connectivity index (χ0) is 18.3. The lowest BCUT2D eigenvalue weighted by molar-refractivity contribution is -0.275. The van der Waals surface area contributed by atoms with Crippen molar-refractivity contribution in [2.45, 2.75) is 39.2 Å². The second-order valence-electron chi connectivity index (χ2n) is 3.77. The molecule has 0 aromatic heterocycles. The Labute approximate surface area is 132 Å². The van der Waals surface area contributed by atoms with Crippen molar-refractivity contribution in [1.29, 1.82) is 0 Å². The standard InChI is InChI=1S/C8H14O6.C4H7NO4/c1-3-11-13-7(9)5-6-8(10)14-12-4-2;5-2(4(8)9)1-3(6)7/h3-6H2,1-2H3;2H,1,5H2,(H,6,7)(H,8,9). The molecule has 0 saturated heterocycles. The maximum Gasteiger partial charge on any atom is 0.342 e. The van der Waals surface area contributed by atoms with Crippen molar-refractivity contribution in [3.63, 3.8) is 0 Å². The second-order valence-corrected chi connectivity index (χ2v) is 3.77. The minimum absolute atomic E-state index is 0.0914. The Bertz CT molecular complexity index is 364. The van der Waals surface area contributed by atoms with Gasteiger partial charge in [-0.25, -0.2) is 9.59 Å². The van der Waals surface area contributed by atoms with E-state index < -0.39 is 36.3 Å². The summed E-state index contributed by atoms with van der Waals surface area (Å²) in [5.74, 6) is -3.72. The molecule has 0 fully saturated rings. The first-order valence-corrected chi connectivity index (χ1v) is 6.59. The SMILES string of the molecule is CCOOC(=O)CCC(=O)OOCC.NC(CC(=O)O)C(=O)O. The molecule has 0 saturated carbocycles. The van der Waals surface area contributed by atoms with Crippen LogP contribution < -0.4 is 5.73 Å². The molecule has 4 N–H and O–H groups in total. The molecule has 1 atom stereocenters. The lowest BCUT2D eigenvalue weighted by Crippen LogP contribution is -2.32. The predicted octanol–water partition coefficient (Wildman–Crippen LogP) is -0.371. The Balaban J connectivity index is 0. The molecule has 0 radical (unpaired) electrons. The molecule has 0 amide bonds. The number of carboxylic acids is 2. The molecular formula is C12H21NO10. The van der Waals surface area contributed by atoms with Crippen molar-refractivity contribution < 1.29 is 48.9 Å². The quantitative estimate of drug-likeness (QED) is 0.350. The van der Waals surface area contributed by atoms with Gasteiger partial charge in [0.2, 0.25) is 0 Å². The third kappa shape index (κ3) is 17.7. The number of aliphatic carboxylic acids is 2. The van der Waals surface area contributed by atoms with Gasteiger partial charge in [-0.1, -0.05) is 0 Å². The average molecular weight is 339 g/mol. The van der Waals surface area contributed by atoms with Gasteiger partial charge in [0.05, 0.1) is 32.5 Å². The Morgan fingerprint density at radius 2 is 1.30 bits per heavy atom. The molecule has 11 nitrogen and oxygen atoms in total. The monoisotopic (exact) mass is 339 g/mol. The van der Waals surface area contributed by atoms with Crippen molar-refractivity contribution in [2.24, 2.45) is 5.73 Å². The summed E-state index contributed by atoms with van der Waals surface area (Å²) in [5, 5.41) is 16.0. The number of rotatable bonds is 10. The number of nitrogens with two attached hydrogens (primary N) is 1. The summed E-state index contributed by atoms with van der Waals surface area (Å²) in [6, 6.07) is -1.29. The van der Waals surface area contributed by atoms with Gasteiger partial charge in [-0.05, 0) is 13.8 Å². The van der Waals surface area contributed by atoms with Gasteiger partial charge in [0, 0.05) is 0 Å². The fraction of sp³-hybridized carbons (Fsp3) is 0.667. The summed E-state index contributed by atoms with van der Waals surface area (Å²) in [6.07, 6.45) is -0.715. The van der Waals surface area contributed by atoms with Crippen LogP contribution in [0.1, 0.15) is 33.1 Å². The van der Waals surface area contributed by atoms with Crippen molar-refractivity contribution in [2.75, 3.05) is 13.2 Å². The van der Waals surface area contributed by atoms with E-state index in [1.165, 1.54) is 0 Å². The smallest absolute Gasteiger partial charge is 0.342 e. The van der Waals surface area contributed by atoms with E-state index in [1.807, 2.05) is 0 Å².